The van der Waals surface area contributed by atoms with E-state index in [-0.39, 0.29) is 23.8 Å². The van der Waals surface area contributed by atoms with Gasteiger partial charge in [-0.3, -0.25) is 14.2 Å². The molecule has 2 aromatic carbocycles. The standard InChI is InChI=1S/C20H12F7N3O3/c21-15-4-2-1-3-10(15)9-30-17(32)14(8-28-18(30)33)16(31)29-13-6-11(19(22,23)24)5-12(7-13)20(25,26)27/h1-8H,9H2,(H,28,33)(H,29,31). The van der Waals surface area contributed by atoms with Crippen LogP contribution >= 0.6 is 0 Å². The van der Waals surface area contributed by atoms with Gasteiger partial charge in [0, 0.05) is 17.4 Å². The van der Waals surface area contributed by atoms with E-state index in [1.165, 1.54) is 18.2 Å². The Balaban J connectivity index is 2.00. The van der Waals surface area contributed by atoms with E-state index >= 15 is 0 Å². The van der Waals surface area contributed by atoms with E-state index in [9.17, 15) is 45.1 Å². The summed E-state index contributed by atoms with van der Waals surface area (Å²) in [4.78, 5) is 39.1. The smallest absolute Gasteiger partial charge is 0.322 e. The number of carbonyl (C=O) groups excluding carboxylic acids is 1. The Kier molecular flexibility index (Phi) is 6.16. The van der Waals surface area contributed by atoms with Crippen molar-refractivity contribution < 1.29 is 35.5 Å². The second-order valence-corrected chi connectivity index (χ2v) is 6.74. The second-order valence-electron chi connectivity index (χ2n) is 6.74. The van der Waals surface area contributed by atoms with E-state index in [4.69, 9.17) is 0 Å². The Morgan fingerprint density at radius 2 is 1.52 bits per heavy atom. The Bertz CT molecular complexity index is 1290. The molecular formula is C20H12F7N3O3. The lowest BCUT2D eigenvalue weighted by atomic mass is 10.1. The third kappa shape index (κ3) is 5.30. The largest absolute Gasteiger partial charge is 0.416 e. The molecular weight excluding hydrogens is 463 g/mol. The lowest BCUT2D eigenvalue weighted by Crippen LogP contribution is -2.39. The van der Waals surface area contributed by atoms with Crippen LogP contribution in [0.4, 0.5) is 36.4 Å². The quantitative estimate of drug-likeness (QED) is 0.560. The normalized spacial score (nSPS) is 12.0. The molecule has 2 N–H and O–H groups in total. The predicted molar refractivity (Wildman–Crippen MR) is 101 cm³/mol. The zero-order chi connectivity index (χ0) is 24.6. The van der Waals surface area contributed by atoms with Crippen LogP contribution in [0.3, 0.4) is 0 Å². The molecule has 6 nitrogen and oxygen atoms in total. The molecule has 0 unspecified atom stereocenters. The summed E-state index contributed by atoms with van der Waals surface area (Å²) in [6.45, 7) is -0.580. The van der Waals surface area contributed by atoms with Gasteiger partial charge < -0.3 is 10.3 Å². The predicted octanol–water partition coefficient (Wildman–Crippen LogP) is 4.01. The number of rotatable bonds is 4. The molecule has 0 aliphatic carbocycles. The van der Waals surface area contributed by atoms with Crippen LogP contribution in [-0.2, 0) is 18.9 Å². The number of benzene rings is 2. The van der Waals surface area contributed by atoms with E-state index in [0.717, 1.165) is 6.07 Å². The molecule has 174 valence electrons. The molecule has 1 aromatic heterocycles. The first kappa shape index (κ1) is 23.8. The molecule has 3 rings (SSSR count). The van der Waals surface area contributed by atoms with Crippen molar-refractivity contribution in [1.82, 2.24) is 9.55 Å². The molecule has 0 aliphatic heterocycles. The van der Waals surface area contributed by atoms with Gasteiger partial charge in [-0.05, 0) is 24.3 Å². The molecule has 1 heterocycles. The van der Waals surface area contributed by atoms with Gasteiger partial charge in [0.05, 0.1) is 17.7 Å². The average Bonchev–Trinajstić information content (AvgIpc) is 2.70. The highest BCUT2D eigenvalue weighted by Crippen LogP contribution is 2.37. The number of anilines is 1. The number of aromatic nitrogens is 2. The van der Waals surface area contributed by atoms with Crippen LogP contribution in [0.5, 0.6) is 0 Å². The van der Waals surface area contributed by atoms with Gasteiger partial charge in [0.2, 0.25) is 0 Å². The molecule has 3 aromatic rings. The number of alkyl halides is 6. The summed E-state index contributed by atoms with van der Waals surface area (Å²) in [5.41, 5.74) is -7.35. The first-order chi connectivity index (χ1) is 15.3. The van der Waals surface area contributed by atoms with Crippen molar-refractivity contribution >= 4 is 11.6 Å². The number of hydrogen-bond acceptors (Lipinski definition) is 3. The van der Waals surface area contributed by atoms with Crippen molar-refractivity contribution in [2.45, 2.75) is 18.9 Å². The second kappa shape index (κ2) is 8.56. The zero-order valence-corrected chi connectivity index (χ0v) is 16.1. The van der Waals surface area contributed by atoms with E-state index in [2.05, 4.69) is 4.98 Å². The van der Waals surface area contributed by atoms with E-state index < -0.39 is 64.2 Å². The highest BCUT2D eigenvalue weighted by Gasteiger charge is 2.37. The molecule has 0 radical (unpaired) electrons. The van der Waals surface area contributed by atoms with E-state index in [0.29, 0.717) is 10.8 Å². The van der Waals surface area contributed by atoms with Crippen LogP contribution in [0.25, 0.3) is 0 Å². The summed E-state index contributed by atoms with van der Waals surface area (Å²) in [6.07, 6.45) is -9.65. The van der Waals surface area contributed by atoms with Crippen LogP contribution in [0.15, 0.2) is 58.3 Å². The van der Waals surface area contributed by atoms with Crippen molar-refractivity contribution in [3.8, 4) is 0 Å². The number of H-pyrrole nitrogens is 1. The lowest BCUT2D eigenvalue weighted by molar-refractivity contribution is -0.143. The topological polar surface area (TPSA) is 84.0 Å². The highest BCUT2D eigenvalue weighted by atomic mass is 19.4. The van der Waals surface area contributed by atoms with Gasteiger partial charge in [-0.15, -0.1) is 0 Å². The van der Waals surface area contributed by atoms with Crippen molar-refractivity contribution in [3.63, 3.8) is 0 Å². The maximum Gasteiger partial charge on any atom is 0.416 e. The minimum absolute atomic E-state index is 0.0737. The van der Waals surface area contributed by atoms with Gasteiger partial charge in [-0.25, -0.2) is 9.18 Å². The molecule has 0 aliphatic rings. The number of aromatic amines is 1. The Labute approximate surface area is 179 Å². The van der Waals surface area contributed by atoms with Gasteiger partial charge >= 0.3 is 18.0 Å². The molecule has 1 amide bonds. The zero-order valence-electron chi connectivity index (χ0n) is 16.1. The first-order valence-corrected chi connectivity index (χ1v) is 8.94. The third-order valence-corrected chi connectivity index (χ3v) is 4.44. The fraction of sp³-hybridized carbons (Fsp3) is 0.150. The Hall–Kier alpha value is -3.90. The molecule has 0 atom stereocenters. The number of amides is 1. The minimum atomic E-state index is -5.15. The van der Waals surface area contributed by atoms with Crippen molar-refractivity contribution in [2.75, 3.05) is 5.32 Å². The van der Waals surface area contributed by atoms with E-state index in [1.807, 2.05) is 0 Å². The SMILES string of the molecule is O=C(Nc1cc(C(F)(F)F)cc(C(F)(F)F)c1)c1c[nH]c(=O)n(Cc2ccccc2F)c1=O. The van der Waals surface area contributed by atoms with Crippen molar-refractivity contribution in [2.24, 2.45) is 0 Å². The molecule has 13 heteroatoms. The van der Waals surface area contributed by atoms with Crippen LogP contribution in [-0.4, -0.2) is 15.5 Å². The lowest BCUT2D eigenvalue weighted by Gasteiger charge is -2.15. The fourth-order valence-electron chi connectivity index (χ4n) is 2.84. The molecule has 0 saturated carbocycles. The molecule has 0 saturated heterocycles. The number of hydrogen-bond donors (Lipinski definition) is 2. The van der Waals surface area contributed by atoms with Crippen LogP contribution in [0.2, 0.25) is 0 Å². The number of nitrogens with zero attached hydrogens (tertiary/aromatic N) is 1. The van der Waals surface area contributed by atoms with Crippen LogP contribution in [0, 0.1) is 5.82 Å². The average molecular weight is 475 g/mol. The van der Waals surface area contributed by atoms with Gasteiger partial charge in [-0.1, -0.05) is 18.2 Å². The summed E-state index contributed by atoms with van der Waals surface area (Å²) in [5, 5.41) is 1.80. The van der Waals surface area contributed by atoms with Gasteiger partial charge in [0.15, 0.2) is 0 Å². The van der Waals surface area contributed by atoms with Gasteiger partial charge in [-0.2, -0.15) is 26.3 Å². The first-order valence-electron chi connectivity index (χ1n) is 8.94. The summed E-state index contributed by atoms with van der Waals surface area (Å²) < 4.78 is 92.3. The maximum absolute atomic E-state index is 13.9. The highest BCUT2D eigenvalue weighted by molar-refractivity contribution is 6.03. The van der Waals surface area contributed by atoms with Gasteiger partial charge in [0.25, 0.3) is 11.5 Å². The minimum Gasteiger partial charge on any atom is -0.322 e. The van der Waals surface area contributed by atoms with Gasteiger partial charge in [0.1, 0.15) is 11.4 Å². The number of carbonyl (C=O) groups is 1. The maximum atomic E-state index is 13.9. The molecule has 0 fully saturated rings. The van der Waals surface area contributed by atoms with Crippen LogP contribution < -0.4 is 16.6 Å². The summed E-state index contributed by atoms with van der Waals surface area (Å²) >= 11 is 0. The number of halogens is 7. The third-order valence-electron chi connectivity index (χ3n) is 4.44. The van der Waals surface area contributed by atoms with Crippen molar-refractivity contribution in [3.05, 3.63) is 97.6 Å². The van der Waals surface area contributed by atoms with E-state index in [1.54, 1.807) is 5.32 Å². The summed E-state index contributed by atoms with van der Waals surface area (Å²) in [7, 11) is 0. The summed E-state index contributed by atoms with van der Waals surface area (Å²) in [6, 6.07) is 5.52. The van der Waals surface area contributed by atoms with Crippen molar-refractivity contribution in [1.29, 1.82) is 0 Å². The molecule has 33 heavy (non-hydrogen) atoms. The molecule has 0 bridgehead atoms. The fourth-order valence-corrected chi connectivity index (χ4v) is 2.84. The number of nitrogens with one attached hydrogen (secondary N) is 2. The molecule has 0 spiro atoms. The van der Waals surface area contributed by atoms with Crippen LogP contribution in [0.1, 0.15) is 27.0 Å². The monoisotopic (exact) mass is 475 g/mol. The Morgan fingerprint density at radius 1 is 0.939 bits per heavy atom. The Morgan fingerprint density at radius 3 is 2.06 bits per heavy atom. The summed E-state index contributed by atoms with van der Waals surface area (Å²) in [5.74, 6) is -2.13.